The van der Waals surface area contributed by atoms with E-state index in [1.807, 2.05) is 48.6 Å². The second-order valence-corrected chi connectivity index (χ2v) is 19.1. The van der Waals surface area contributed by atoms with Crippen molar-refractivity contribution in [2.45, 2.75) is 78.1 Å². The fourth-order valence-electron chi connectivity index (χ4n) is 6.81. The summed E-state index contributed by atoms with van der Waals surface area (Å²) >= 11 is 0. The number of hydrogen-bond acceptors (Lipinski definition) is 8. The molecule has 0 aromatic heterocycles. The molecule has 0 spiro atoms. The van der Waals surface area contributed by atoms with Gasteiger partial charge in [-0.2, -0.15) is 0 Å². The molecule has 0 fully saturated rings. The number of hydrogen-bond donors (Lipinski definition) is 0. The molecule has 0 aliphatic heterocycles. The quantitative estimate of drug-likeness (QED) is 0.0380. The molecule has 4 rings (SSSR count). The van der Waals surface area contributed by atoms with E-state index in [0.29, 0.717) is 47.5 Å². The highest BCUT2D eigenvalue weighted by atomic mass is 28.4. The van der Waals surface area contributed by atoms with Crippen LogP contribution in [0.1, 0.15) is 87.1 Å². The fraction of sp³-hybridized carbons (Fsp3) is 0.362. The van der Waals surface area contributed by atoms with Crippen molar-refractivity contribution in [2.24, 2.45) is 5.92 Å². The van der Waals surface area contributed by atoms with Crippen molar-refractivity contribution >= 4 is 36.7 Å². The Morgan fingerprint density at radius 3 is 1.96 bits per heavy atom. The average molecular weight is 779 g/mol. The standard InChI is InChI=1S/C47H58O8Si/c1-9-52-46(49)44-38(32-39(51-8)33-43(44)53-34-50-7)26-20-19-22-35(2)42(54-45(48)37-24-13-10-14-25-37)31-21-23-36(3)55-56(47(4,5)6,40-27-15-11-16-28-40)41-29-17-12-18-30-41/h10-18,20-21,24-33,35-36,42H,9,19,22-23,34H2,1-8H3/b26-20+,31-21-/t35-,36?,42?/m0/s1. The summed E-state index contributed by atoms with van der Waals surface area (Å²) in [6.45, 7) is 13.0. The summed E-state index contributed by atoms with van der Waals surface area (Å²) in [5, 5.41) is 2.31. The van der Waals surface area contributed by atoms with E-state index in [1.165, 1.54) is 17.5 Å². The molecule has 0 saturated carbocycles. The van der Waals surface area contributed by atoms with Gasteiger partial charge in [0, 0.05) is 19.3 Å². The monoisotopic (exact) mass is 778 g/mol. The van der Waals surface area contributed by atoms with E-state index in [4.69, 9.17) is 28.1 Å². The second-order valence-electron chi connectivity index (χ2n) is 14.8. The number of benzene rings is 4. The van der Waals surface area contributed by atoms with Gasteiger partial charge in [0.1, 0.15) is 23.2 Å². The first-order chi connectivity index (χ1) is 26.9. The molecule has 3 atom stereocenters. The van der Waals surface area contributed by atoms with E-state index in [9.17, 15) is 9.59 Å². The highest BCUT2D eigenvalue weighted by Crippen LogP contribution is 2.38. The Kier molecular flexibility index (Phi) is 16.7. The minimum Gasteiger partial charge on any atom is -0.497 e. The Balaban J connectivity index is 1.56. The Morgan fingerprint density at radius 1 is 0.804 bits per heavy atom. The number of allylic oxidation sites excluding steroid dienone is 1. The van der Waals surface area contributed by atoms with Gasteiger partial charge in [-0.3, -0.25) is 0 Å². The Hall–Kier alpha value is -4.96. The summed E-state index contributed by atoms with van der Waals surface area (Å²) in [5.41, 5.74) is 1.39. The topological polar surface area (TPSA) is 89.5 Å². The molecule has 4 aromatic carbocycles. The molecular formula is C47H58O8Si. The largest absolute Gasteiger partial charge is 0.497 e. The van der Waals surface area contributed by atoms with Crippen molar-refractivity contribution in [1.29, 1.82) is 0 Å². The van der Waals surface area contributed by atoms with Gasteiger partial charge in [0.25, 0.3) is 8.32 Å². The van der Waals surface area contributed by atoms with E-state index >= 15 is 0 Å². The number of carbonyl (C=O) groups is 2. The number of rotatable bonds is 20. The van der Waals surface area contributed by atoms with Gasteiger partial charge in [0.15, 0.2) is 6.79 Å². The van der Waals surface area contributed by atoms with Crippen LogP contribution in [0.4, 0.5) is 0 Å². The molecule has 0 aliphatic carbocycles. The maximum Gasteiger partial charge on any atom is 0.342 e. The van der Waals surface area contributed by atoms with Gasteiger partial charge >= 0.3 is 11.9 Å². The fourth-order valence-corrected chi connectivity index (χ4v) is 11.5. The van der Waals surface area contributed by atoms with Crippen molar-refractivity contribution in [3.05, 3.63) is 138 Å². The molecule has 0 aliphatic rings. The van der Waals surface area contributed by atoms with E-state index in [2.05, 4.69) is 89.2 Å². The number of ether oxygens (including phenoxy) is 5. The van der Waals surface area contributed by atoms with Crippen LogP contribution in [0.5, 0.6) is 11.5 Å². The molecule has 4 aromatic rings. The van der Waals surface area contributed by atoms with Gasteiger partial charge in [-0.25, -0.2) is 9.59 Å². The van der Waals surface area contributed by atoms with E-state index < -0.39 is 20.4 Å². The van der Waals surface area contributed by atoms with Crippen LogP contribution in [-0.4, -0.2) is 60.1 Å². The summed E-state index contributed by atoms with van der Waals surface area (Å²) in [6, 6.07) is 33.7. The molecule has 0 radical (unpaired) electrons. The lowest BCUT2D eigenvalue weighted by molar-refractivity contribution is 0.0283. The molecule has 298 valence electrons. The summed E-state index contributed by atoms with van der Waals surface area (Å²) in [4.78, 5) is 26.4. The first-order valence-corrected chi connectivity index (χ1v) is 21.2. The Morgan fingerprint density at radius 2 is 1.41 bits per heavy atom. The Bertz CT molecular complexity index is 1830. The third-order valence-corrected chi connectivity index (χ3v) is 14.8. The average Bonchev–Trinajstić information content (AvgIpc) is 3.20. The van der Waals surface area contributed by atoms with Crippen LogP contribution in [0.15, 0.2) is 121 Å². The highest BCUT2D eigenvalue weighted by Gasteiger charge is 2.50. The molecule has 0 saturated heterocycles. The lowest BCUT2D eigenvalue weighted by atomic mass is 9.97. The molecule has 2 unspecified atom stereocenters. The first-order valence-electron chi connectivity index (χ1n) is 19.3. The zero-order valence-corrected chi connectivity index (χ0v) is 35.2. The predicted octanol–water partition coefficient (Wildman–Crippen LogP) is 9.42. The van der Waals surface area contributed by atoms with Gasteiger partial charge in [0.2, 0.25) is 0 Å². The molecule has 0 N–H and O–H groups in total. The predicted molar refractivity (Wildman–Crippen MR) is 226 cm³/mol. The maximum absolute atomic E-state index is 13.3. The highest BCUT2D eigenvalue weighted by molar-refractivity contribution is 6.99. The van der Waals surface area contributed by atoms with Crippen molar-refractivity contribution in [3.63, 3.8) is 0 Å². The van der Waals surface area contributed by atoms with E-state index in [-0.39, 0.29) is 36.4 Å². The van der Waals surface area contributed by atoms with Gasteiger partial charge in [-0.1, -0.05) is 125 Å². The minimum atomic E-state index is -2.74. The van der Waals surface area contributed by atoms with Gasteiger partial charge in [0.05, 0.1) is 19.3 Å². The molecule has 9 heteroatoms. The minimum absolute atomic E-state index is 0.0353. The van der Waals surface area contributed by atoms with Crippen LogP contribution >= 0.6 is 0 Å². The lowest BCUT2D eigenvalue weighted by Gasteiger charge is -2.44. The van der Waals surface area contributed by atoms with Crippen LogP contribution < -0.4 is 19.8 Å². The van der Waals surface area contributed by atoms with Crippen LogP contribution in [0.3, 0.4) is 0 Å². The molecule has 0 heterocycles. The zero-order valence-electron chi connectivity index (χ0n) is 34.2. The molecule has 0 amide bonds. The third kappa shape index (κ3) is 11.5. The zero-order chi connectivity index (χ0) is 40.6. The normalized spacial score (nSPS) is 13.6. The van der Waals surface area contributed by atoms with Crippen molar-refractivity contribution < 1.29 is 37.7 Å². The van der Waals surface area contributed by atoms with Gasteiger partial charge in [-0.05, 0) is 84.3 Å². The van der Waals surface area contributed by atoms with Crippen LogP contribution in [0.25, 0.3) is 6.08 Å². The second kappa shape index (κ2) is 21.4. The first kappa shape index (κ1) is 43.8. The molecular weight excluding hydrogens is 721 g/mol. The lowest BCUT2D eigenvalue weighted by Crippen LogP contribution is -2.67. The summed E-state index contributed by atoms with van der Waals surface area (Å²) in [7, 11) is 0.326. The summed E-state index contributed by atoms with van der Waals surface area (Å²) in [5.74, 6) is -0.0714. The van der Waals surface area contributed by atoms with Crippen molar-refractivity contribution in [1.82, 2.24) is 0 Å². The number of carbonyl (C=O) groups excluding carboxylic acids is 2. The summed E-state index contributed by atoms with van der Waals surface area (Å²) in [6.07, 6.45) is 9.33. The van der Waals surface area contributed by atoms with Crippen molar-refractivity contribution in [2.75, 3.05) is 27.6 Å². The van der Waals surface area contributed by atoms with Gasteiger partial charge in [-0.15, -0.1) is 0 Å². The van der Waals surface area contributed by atoms with Crippen LogP contribution in [0.2, 0.25) is 5.04 Å². The Labute approximate surface area is 334 Å². The molecule has 8 nitrogen and oxygen atoms in total. The molecule has 56 heavy (non-hydrogen) atoms. The third-order valence-electron chi connectivity index (χ3n) is 9.64. The van der Waals surface area contributed by atoms with Crippen LogP contribution in [-0.2, 0) is 18.6 Å². The maximum atomic E-state index is 13.3. The van der Waals surface area contributed by atoms with Gasteiger partial charge < -0.3 is 28.1 Å². The van der Waals surface area contributed by atoms with E-state index in [0.717, 1.165) is 0 Å². The van der Waals surface area contributed by atoms with Crippen LogP contribution in [0, 0.1) is 5.92 Å². The summed E-state index contributed by atoms with van der Waals surface area (Å²) < 4.78 is 35.1. The SMILES string of the molecule is CCOC(=O)c1c(/C=C/CC[C@H](C)C(/C=C\CC(C)O[Si](c2ccccc2)(c2ccccc2)C(C)(C)C)OC(=O)c2ccccc2)cc(OC)cc1OCOC. The van der Waals surface area contributed by atoms with E-state index in [1.54, 1.807) is 38.3 Å². The number of methoxy groups -OCH3 is 2. The van der Waals surface area contributed by atoms with Crippen molar-refractivity contribution in [3.8, 4) is 11.5 Å². The smallest absolute Gasteiger partial charge is 0.342 e. The molecule has 0 bridgehead atoms. The number of esters is 2.